The minimum absolute atomic E-state index is 0.00826. The van der Waals surface area contributed by atoms with Crippen LogP contribution in [0.15, 0.2) is 60.7 Å². The van der Waals surface area contributed by atoms with Gasteiger partial charge in [0.05, 0.1) is 6.61 Å². The van der Waals surface area contributed by atoms with E-state index < -0.39 is 36.1 Å². The third kappa shape index (κ3) is 4.66. The zero-order valence-corrected chi connectivity index (χ0v) is 20.7. The Balaban J connectivity index is 1.45. The molecular formula is C25H24NO8PS. The number of benzene rings is 3. The summed E-state index contributed by atoms with van der Waals surface area (Å²) in [5, 5.41) is 40.6. The van der Waals surface area contributed by atoms with E-state index in [1.807, 2.05) is 35.0 Å². The van der Waals surface area contributed by atoms with Crippen molar-refractivity contribution in [3.05, 3.63) is 77.4 Å². The van der Waals surface area contributed by atoms with Gasteiger partial charge in [-0.1, -0.05) is 36.4 Å². The van der Waals surface area contributed by atoms with E-state index in [1.54, 1.807) is 0 Å². The second-order valence-corrected chi connectivity index (χ2v) is 11.9. The number of Topliss-reactive ketones (excluding diaryl/α,β-unsaturated/α-hetero) is 1. The molecule has 1 fully saturated rings. The van der Waals surface area contributed by atoms with Crippen LogP contribution in [-0.4, -0.2) is 50.1 Å². The molecule has 188 valence electrons. The Morgan fingerprint density at radius 3 is 2.56 bits per heavy atom. The van der Waals surface area contributed by atoms with Gasteiger partial charge in [0.1, 0.15) is 22.8 Å². The summed E-state index contributed by atoms with van der Waals surface area (Å²) in [6, 6.07) is 16.3. The summed E-state index contributed by atoms with van der Waals surface area (Å²) in [4.78, 5) is 12.9. The van der Waals surface area contributed by atoms with E-state index in [2.05, 4.69) is 0 Å². The third-order valence-electron chi connectivity index (χ3n) is 6.03. The van der Waals surface area contributed by atoms with Gasteiger partial charge in [-0.2, -0.15) is 0 Å². The zero-order valence-electron chi connectivity index (χ0n) is 19.0. The molecule has 0 amide bonds. The molecule has 2 aliphatic rings. The molecule has 0 aliphatic carbocycles. The number of aliphatic hydroxyl groups excluding tert-OH is 1. The van der Waals surface area contributed by atoms with Gasteiger partial charge < -0.3 is 34.2 Å². The van der Waals surface area contributed by atoms with Crippen molar-refractivity contribution in [2.24, 2.45) is 0 Å². The van der Waals surface area contributed by atoms with Crippen molar-refractivity contribution >= 4 is 24.2 Å². The fourth-order valence-corrected chi connectivity index (χ4v) is 6.92. The standard InChI is InChI=1S/C25H24NO8PS/c27-18-8-7-16(11-19(18)28)25-24(31)23(30)22-20(29)12-17(13-21(22)33-25)34-35(36)26(9-4-10-32-35)14-15-5-2-1-3-6-15/h1-3,5-8,11-13,24-25,27-29,31H,4,9-10,14H2. The Hall–Kier alpha value is -3.14. The molecule has 3 unspecified atom stereocenters. The zero-order chi connectivity index (χ0) is 25.4. The highest BCUT2D eigenvalue weighted by atomic mass is 32.5. The van der Waals surface area contributed by atoms with Gasteiger partial charge >= 0.3 is 6.64 Å². The number of aromatic hydroxyl groups is 3. The van der Waals surface area contributed by atoms with Crippen LogP contribution in [-0.2, 0) is 22.9 Å². The Labute approximate surface area is 212 Å². The monoisotopic (exact) mass is 529 g/mol. The van der Waals surface area contributed by atoms with Crippen LogP contribution >= 0.6 is 6.64 Å². The molecule has 36 heavy (non-hydrogen) atoms. The number of carbonyl (C=O) groups excluding carboxylic acids is 1. The van der Waals surface area contributed by atoms with Crippen molar-refractivity contribution in [3.63, 3.8) is 0 Å². The van der Waals surface area contributed by atoms with E-state index in [0.717, 1.165) is 12.0 Å². The predicted molar refractivity (Wildman–Crippen MR) is 134 cm³/mol. The number of hydrogen-bond acceptors (Lipinski definition) is 9. The normalized spacial score (nSPS) is 24.1. The molecule has 3 aromatic rings. The van der Waals surface area contributed by atoms with Crippen molar-refractivity contribution in [3.8, 4) is 28.7 Å². The van der Waals surface area contributed by atoms with E-state index in [1.165, 1.54) is 30.3 Å². The van der Waals surface area contributed by atoms with Crippen LogP contribution in [0.25, 0.3) is 0 Å². The Kier molecular flexibility index (Phi) is 6.63. The average Bonchev–Trinajstić information content (AvgIpc) is 2.85. The first-order valence-corrected chi connectivity index (χ1v) is 13.9. The van der Waals surface area contributed by atoms with Gasteiger partial charge in [0.2, 0.25) is 5.78 Å². The number of aliphatic hydroxyl groups is 1. The second-order valence-electron chi connectivity index (χ2n) is 8.53. The number of ketones is 1. The molecule has 0 saturated carbocycles. The molecular weight excluding hydrogens is 505 g/mol. The predicted octanol–water partition coefficient (Wildman–Crippen LogP) is 4.01. The number of nitrogens with zero attached hydrogens (tertiary/aromatic N) is 1. The molecule has 0 radical (unpaired) electrons. The van der Waals surface area contributed by atoms with Crippen molar-refractivity contribution in [1.29, 1.82) is 0 Å². The van der Waals surface area contributed by atoms with Gasteiger partial charge in [0, 0.05) is 25.2 Å². The fraction of sp³-hybridized carbons (Fsp3) is 0.240. The van der Waals surface area contributed by atoms with Crippen molar-refractivity contribution < 1.29 is 39.0 Å². The highest BCUT2D eigenvalue weighted by molar-refractivity contribution is 8.08. The molecule has 0 bridgehead atoms. The molecule has 0 aromatic heterocycles. The topological polar surface area (TPSA) is 129 Å². The number of fused-ring (bicyclic) bond motifs is 1. The van der Waals surface area contributed by atoms with E-state index in [9.17, 15) is 25.2 Å². The van der Waals surface area contributed by atoms with Crippen LogP contribution in [0.3, 0.4) is 0 Å². The van der Waals surface area contributed by atoms with Crippen LogP contribution in [0.5, 0.6) is 28.7 Å². The first-order chi connectivity index (χ1) is 17.2. The van der Waals surface area contributed by atoms with Crippen molar-refractivity contribution in [1.82, 2.24) is 4.67 Å². The second kappa shape index (κ2) is 9.72. The number of phenols is 3. The van der Waals surface area contributed by atoms with Crippen LogP contribution in [0, 0.1) is 0 Å². The molecule has 4 N–H and O–H groups in total. The molecule has 2 aliphatic heterocycles. The lowest BCUT2D eigenvalue weighted by molar-refractivity contribution is 0.0210. The lowest BCUT2D eigenvalue weighted by Gasteiger charge is -2.37. The van der Waals surface area contributed by atoms with Crippen molar-refractivity contribution in [2.45, 2.75) is 25.2 Å². The SMILES string of the molecule is O=C1c2c(O)cc(OP3(=S)OCCCN3Cc3ccccc3)cc2OC(c2ccc(O)c(O)c2)C1O. The van der Waals surface area contributed by atoms with Gasteiger partial charge in [0.15, 0.2) is 23.7 Å². The summed E-state index contributed by atoms with van der Waals surface area (Å²) in [6.07, 6.45) is -2.03. The Bertz CT molecular complexity index is 1350. The molecule has 3 aromatic carbocycles. The van der Waals surface area contributed by atoms with Crippen LogP contribution in [0.1, 0.15) is 34.0 Å². The van der Waals surface area contributed by atoms with Gasteiger partial charge in [-0.15, -0.1) is 0 Å². The number of rotatable bonds is 5. The lowest BCUT2D eigenvalue weighted by atomic mass is 9.92. The molecule has 0 spiro atoms. The van der Waals surface area contributed by atoms with E-state index in [0.29, 0.717) is 19.7 Å². The maximum atomic E-state index is 12.9. The fourth-order valence-electron chi connectivity index (χ4n) is 4.23. The summed E-state index contributed by atoms with van der Waals surface area (Å²) in [5.41, 5.74) is 1.13. The lowest BCUT2D eigenvalue weighted by Crippen LogP contribution is -2.36. The number of phenolic OH excluding ortho intramolecular Hbond substituents is 3. The maximum Gasteiger partial charge on any atom is 0.315 e. The summed E-state index contributed by atoms with van der Waals surface area (Å²) in [5.74, 6) is -1.80. The Morgan fingerprint density at radius 1 is 1.03 bits per heavy atom. The number of ether oxygens (including phenoxy) is 1. The minimum Gasteiger partial charge on any atom is -0.507 e. The van der Waals surface area contributed by atoms with Gasteiger partial charge in [0.25, 0.3) is 0 Å². The van der Waals surface area contributed by atoms with Crippen molar-refractivity contribution in [2.75, 3.05) is 13.2 Å². The summed E-state index contributed by atoms with van der Waals surface area (Å²) >= 11 is 5.83. The molecule has 9 nitrogen and oxygen atoms in total. The van der Waals surface area contributed by atoms with Gasteiger partial charge in [-0.3, -0.25) is 4.79 Å². The van der Waals surface area contributed by atoms with E-state index in [4.69, 9.17) is 25.6 Å². The average molecular weight is 530 g/mol. The number of hydrogen-bond donors (Lipinski definition) is 4. The van der Waals surface area contributed by atoms with Gasteiger partial charge in [-0.05, 0) is 41.5 Å². The molecule has 5 rings (SSSR count). The van der Waals surface area contributed by atoms with Gasteiger partial charge in [-0.25, -0.2) is 4.67 Å². The summed E-state index contributed by atoms with van der Waals surface area (Å²) in [7, 11) is 0. The molecule has 3 atom stereocenters. The smallest absolute Gasteiger partial charge is 0.315 e. The van der Waals surface area contributed by atoms with Crippen LogP contribution in [0.4, 0.5) is 0 Å². The van der Waals surface area contributed by atoms with E-state index >= 15 is 0 Å². The largest absolute Gasteiger partial charge is 0.507 e. The highest BCUT2D eigenvalue weighted by Gasteiger charge is 2.40. The minimum atomic E-state index is -2.97. The number of carbonyl (C=O) groups is 1. The first-order valence-electron chi connectivity index (χ1n) is 11.3. The highest BCUT2D eigenvalue weighted by Crippen LogP contribution is 2.56. The van der Waals surface area contributed by atoms with Crippen LogP contribution < -0.4 is 9.26 Å². The Morgan fingerprint density at radius 2 is 1.81 bits per heavy atom. The van der Waals surface area contributed by atoms with Crippen LogP contribution in [0.2, 0.25) is 0 Å². The molecule has 11 heteroatoms. The maximum absolute atomic E-state index is 12.9. The summed E-state index contributed by atoms with van der Waals surface area (Å²) in [6.45, 7) is -1.33. The van der Waals surface area contributed by atoms with E-state index in [-0.39, 0.29) is 28.4 Å². The third-order valence-corrected chi connectivity index (χ3v) is 9.25. The quantitative estimate of drug-likeness (QED) is 0.284. The summed E-state index contributed by atoms with van der Waals surface area (Å²) < 4.78 is 19.9. The molecule has 1 saturated heterocycles. The molecule has 2 heterocycles. The first kappa shape index (κ1) is 24.5.